The van der Waals surface area contributed by atoms with Crippen LogP contribution >= 0.6 is 0 Å². The van der Waals surface area contributed by atoms with E-state index in [1.807, 2.05) is 30.4 Å². The van der Waals surface area contributed by atoms with Crippen molar-refractivity contribution in [3.8, 4) is 0 Å². The summed E-state index contributed by atoms with van der Waals surface area (Å²) in [5, 5.41) is 6.02. The molecule has 0 aliphatic carbocycles. The molecular formula is C42H56F2N12O2. The number of hydrazine groups is 1. The van der Waals surface area contributed by atoms with E-state index in [1.54, 1.807) is 31.0 Å². The third kappa shape index (κ3) is 8.36. The zero-order valence-corrected chi connectivity index (χ0v) is 34.8. The van der Waals surface area contributed by atoms with Crippen molar-refractivity contribution in [1.29, 1.82) is 0 Å². The van der Waals surface area contributed by atoms with E-state index in [1.165, 1.54) is 47.5 Å². The van der Waals surface area contributed by atoms with E-state index in [0.717, 1.165) is 91.3 Å². The lowest BCUT2D eigenvalue weighted by atomic mass is 10.00. The number of alkyl halides is 2. The number of aliphatic imine (C=N–C) groups is 2. The molecule has 14 nitrogen and oxygen atoms in total. The molecule has 2 aromatic rings. The maximum absolute atomic E-state index is 12.4. The lowest BCUT2D eigenvalue weighted by Gasteiger charge is -2.45. The van der Waals surface area contributed by atoms with Gasteiger partial charge in [0.2, 0.25) is 0 Å². The summed E-state index contributed by atoms with van der Waals surface area (Å²) in [7, 11) is 1.81. The molecule has 310 valence electrons. The molecule has 9 heterocycles. The molecule has 7 aliphatic rings. The standard InChI is InChI=1S/C20H31N5O.C15H20F2N4O.C7H5N3/c1-5-9-24-19-18(15(2)16(3)20(24)26-4)21-12-17-13-23(14-25(17)19)22-10-7-6-8-11-22;1-4-5-19-7-10(2)11(3)13-14(19)21-9-20(22-15(16)17)8-12(21)6-18-13;1-2-6-7(9-3-1)10-5-4-8-6/h12-13,20H,5-11,14H2,1-4H3;6,8,15H,4-5,7,9H2,1-3H3;1-5H. The summed E-state index contributed by atoms with van der Waals surface area (Å²) in [5.74, 6) is 2.19. The summed E-state index contributed by atoms with van der Waals surface area (Å²) in [6.07, 6.45) is 18.6. The molecule has 1 fully saturated rings. The van der Waals surface area contributed by atoms with Gasteiger partial charge in [0.25, 0.3) is 0 Å². The van der Waals surface area contributed by atoms with Gasteiger partial charge in [-0.1, -0.05) is 20.3 Å². The first-order valence-electron chi connectivity index (χ1n) is 20.3. The topological polar surface area (TPSA) is 105 Å². The summed E-state index contributed by atoms with van der Waals surface area (Å²) in [6.45, 7) is 16.1. The molecule has 0 amide bonds. The number of hydroxylamine groups is 2. The van der Waals surface area contributed by atoms with Gasteiger partial charge in [0.1, 0.15) is 41.9 Å². The Morgan fingerprint density at radius 3 is 2.16 bits per heavy atom. The summed E-state index contributed by atoms with van der Waals surface area (Å²) in [5.41, 5.74) is 10.5. The smallest absolute Gasteiger partial charge is 0.358 e. The zero-order valence-electron chi connectivity index (χ0n) is 34.8. The molecule has 1 saturated heterocycles. The van der Waals surface area contributed by atoms with E-state index in [2.05, 4.69) is 97.2 Å². The Kier molecular flexibility index (Phi) is 12.8. The quantitative estimate of drug-likeness (QED) is 0.275. The highest BCUT2D eigenvalue weighted by Crippen LogP contribution is 2.40. The van der Waals surface area contributed by atoms with Gasteiger partial charge < -0.3 is 24.3 Å². The molecule has 7 aliphatic heterocycles. The van der Waals surface area contributed by atoms with Crippen LogP contribution in [0.2, 0.25) is 0 Å². The summed E-state index contributed by atoms with van der Waals surface area (Å²) < 4.78 is 30.8. The molecule has 58 heavy (non-hydrogen) atoms. The fourth-order valence-electron chi connectivity index (χ4n) is 8.23. The average Bonchev–Trinajstić information content (AvgIpc) is 3.86. The van der Waals surface area contributed by atoms with Gasteiger partial charge in [0, 0.05) is 64.6 Å². The van der Waals surface area contributed by atoms with Crippen LogP contribution in [0.25, 0.3) is 11.2 Å². The maximum Gasteiger partial charge on any atom is 0.365 e. The van der Waals surface area contributed by atoms with Crippen molar-refractivity contribution in [2.24, 2.45) is 9.98 Å². The Bertz CT molecular complexity index is 2020. The first-order valence-corrected chi connectivity index (χ1v) is 20.3. The number of aromatic nitrogens is 3. The molecule has 0 aromatic carbocycles. The average molecular weight is 799 g/mol. The third-order valence-corrected chi connectivity index (χ3v) is 11.3. The van der Waals surface area contributed by atoms with E-state index < -0.39 is 6.61 Å². The van der Waals surface area contributed by atoms with Crippen LogP contribution in [0.3, 0.4) is 0 Å². The van der Waals surface area contributed by atoms with Crippen LogP contribution in [0.5, 0.6) is 0 Å². The summed E-state index contributed by atoms with van der Waals surface area (Å²) in [6, 6.07) is 3.73. The molecule has 0 bridgehead atoms. The highest BCUT2D eigenvalue weighted by Gasteiger charge is 2.40. The summed E-state index contributed by atoms with van der Waals surface area (Å²) in [4.78, 5) is 35.0. The van der Waals surface area contributed by atoms with Gasteiger partial charge >= 0.3 is 6.61 Å². The predicted molar refractivity (Wildman–Crippen MR) is 221 cm³/mol. The van der Waals surface area contributed by atoms with Gasteiger partial charge in [-0.2, -0.15) is 8.78 Å². The highest BCUT2D eigenvalue weighted by molar-refractivity contribution is 5.83. The molecular weight excluding hydrogens is 743 g/mol. The minimum Gasteiger partial charge on any atom is -0.358 e. The largest absolute Gasteiger partial charge is 0.365 e. The molecule has 0 spiro atoms. The van der Waals surface area contributed by atoms with E-state index >= 15 is 0 Å². The fraction of sp³-hybridized carbons (Fsp3) is 0.500. The van der Waals surface area contributed by atoms with Gasteiger partial charge in [-0.25, -0.2) is 24.9 Å². The Morgan fingerprint density at radius 2 is 1.47 bits per heavy atom. The number of pyridine rings is 1. The SMILES string of the molecule is CCCN1C2=C(N=CC3=CN(N4CCCCC4)CN32)C(C)=C(C)C1OC.CCCN1CC(C)=C(C)C2=C1N1CN(OC(F)F)C=C1C=N2.c1cnc2nccnc2c1. The predicted octanol–water partition coefficient (Wildman–Crippen LogP) is 6.99. The lowest BCUT2D eigenvalue weighted by Crippen LogP contribution is -2.49. The molecule has 1 atom stereocenters. The van der Waals surface area contributed by atoms with Crippen molar-refractivity contribution in [1.82, 2.24) is 49.6 Å². The molecule has 0 radical (unpaired) electrons. The molecule has 0 saturated carbocycles. The van der Waals surface area contributed by atoms with Gasteiger partial charge in [0.15, 0.2) is 11.9 Å². The van der Waals surface area contributed by atoms with Crippen LogP contribution in [0.4, 0.5) is 8.78 Å². The van der Waals surface area contributed by atoms with E-state index in [0.29, 0.717) is 5.65 Å². The van der Waals surface area contributed by atoms with E-state index in [9.17, 15) is 8.78 Å². The molecule has 1 unspecified atom stereocenters. The Labute approximate surface area is 340 Å². The van der Waals surface area contributed by atoms with Crippen LogP contribution in [0.15, 0.2) is 110 Å². The molecule has 16 heteroatoms. The Morgan fingerprint density at radius 1 is 0.793 bits per heavy atom. The number of fused-ring (bicyclic) bond motifs is 5. The highest BCUT2D eigenvalue weighted by atomic mass is 19.3. The second kappa shape index (κ2) is 18.2. The second-order valence-corrected chi connectivity index (χ2v) is 15.2. The minimum absolute atomic E-state index is 0.00714. The number of nitrogens with zero attached hydrogens (tertiary/aromatic N) is 12. The van der Waals surface area contributed by atoms with Crippen molar-refractivity contribution >= 4 is 23.6 Å². The molecule has 2 aromatic heterocycles. The van der Waals surface area contributed by atoms with Crippen molar-refractivity contribution in [3.05, 3.63) is 99.8 Å². The maximum atomic E-state index is 12.4. The van der Waals surface area contributed by atoms with Crippen LogP contribution in [0, 0.1) is 0 Å². The first kappa shape index (κ1) is 41.0. The van der Waals surface area contributed by atoms with Crippen molar-refractivity contribution < 1.29 is 18.4 Å². The van der Waals surface area contributed by atoms with E-state index in [-0.39, 0.29) is 12.9 Å². The Balaban J connectivity index is 0.000000144. The monoisotopic (exact) mass is 798 g/mol. The van der Waals surface area contributed by atoms with Crippen LogP contribution in [0.1, 0.15) is 73.6 Å². The number of rotatable bonds is 8. The van der Waals surface area contributed by atoms with Gasteiger partial charge in [0.05, 0.1) is 30.0 Å². The molecule has 9 rings (SSSR count). The molecule has 0 N–H and O–H groups in total. The number of hydrogen-bond donors (Lipinski definition) is 0. The Hall–Kier alpha value is -5.19. The fourth-order valence-corrected chi connectivity index (χ4v) is 8.23. The van der Waals surface area contributed by atoms with Crippen molar-refractivity contribution in [2.75, 3.05) is 53.2 Å². The minimum atomic E-state index is -2.83. The normalized spacial score (nSPS) is 21.6. The number of methoxy groups -OCH3 is 1. The van der Waals surface area contributed by atoms with Gasteiger partial charge in [-0.05, 0) is 87.8 Å². The van der Waals surface area contributed by atoms with Crippen LogP contribution in [-0.4, -0.2) is 128 Å². The first-order chi connectivity index (χ1) is 28.1. The van der Waals surface area contributed by atoms with Crippen molar-refractivity contribution in [2.45, 2.75) is 86.5 Å². The van der Waals surface area contributed by atoms with E-state index in [4.69, 9.17) is 9.73 Å². The number of hydrogen-bond acceptors (Lipinski definition) is 14. The number of ether oxygens (including phenoxy) is 1. The number of allylic oxidation sites excluding steroid dienone is 4. The third-order valence-electron chi connectivity index (χ3n) is 11.3. The van der Waals surface area contributed by atoms with Crippen molar-refractivity contribution in [3.63, 3.8) is 0 Å². The number of halogens is 2. The second-order valence-electron chi connectivity index (χ2n) is 15.2. The zero-order chi connectivity index (χ0) is 40.9. The van der Waals surface area contributed by atoms with Crippen LogP contribution < -0.4 is 0 Å². The lowest BCUT2D eigenvalue weighted by molar-refractivity contribution is -0.263. The van der Waals surface area contributed by atoms with Gasteiger partial charge in [-0.3, -0.25) is 20.0 Å². The van der Waals surface area contributed by atoms with Crippen LogP contribution in [-0.2, 0) is 9.57 Å². The van der Waals surface area contributed by atoms with Gasteiger partial charge in [-0.15, -0.1) is 0 Å². The summed E-state index contributed by atoms with van der Waals surface area (Å²) >= 11 is 0. The number of piperidine rings is 1.